The monoisotopic (exact) mass is 433 g/mol. The molecule has 3 aromatic carbocycles. The largest absolute Gasteiger partial charge is 0.453 e. The number of halogens is 1. The van der Waals surface area contributed by atoms with Gasteiger partial charge in [-0.05, 0) is 28.8 Å². The highest BCUT2D eigenvalue weighted by molar-refractivity contribution is 6.33. The number of anilines is 1. The molecule has 0 spiro atoms. The van der Waals surface area contributed by atoms with E-state index in [9.17, 15) is 9.59 Å². The van der Waals surface area contributed by atoms with E-state index in [0.29, 0.717) is 18.1 Å². The van der Waals surface area contributed by atoms with Gasteiger partial charge in [0.1, 0.15) is 5.78 Å². The Labute approximate surface area is 187 Å². The summed E-state index contributed by atoms with van der Waals surface area (Å²) in [5.74, 6) is -0.308. The molecule has 1 aliphatic rings. The zero-order chi connectivity index (χ0) is 21.8. The van der Waals surface area contributed by atoms with Crippen LogP contribution in [0.4, 0.5) is 5.69 Å². The van der Waals surface area contributed by atoms with E-state index >= 15 is 0 Å². The Morgan fingerprint density at radius 3 is 1.97 bits per heavy atom. The van der Waals surface area contributed by atoms with Crippen LogP contribution in [0.5, 0.6) is 0 Å². The first-order chi connectivity index (χ1) is 14.9. The van der Waals surface area contributed by atoms with Crippen LogP contribution in [0.2, 0.25) is 5.02 Å². The van der Waals surface area contributed by atoms with E-state index in [4.69, 9.17) is 16.3 Å². The van der Waals surface area contributed by atoms with Crippen molar-refractivity contribution >= 4 is 29.0 Å². The van der Waals surface area contributed by atoms with Gasteiger partial charge in [0, 0.05) is 20.0 Å². The summed E-state index contributed by atoms with van der Waals surface area (Å²) in [6, 6.07) is 26.0. The van der Waals surface area contributed by atoms with Crippen molar-refractivity contribution < 1.29 is 14.3 Å². The van der Waals surface area contributed by atoms with E-state index in [2.05, 4.69) is 29.2 Å². The summed E-state index contributed by atoms with van der Waals surface area (Å²) in [5.41, 5.74) is 3.07. The van der Waals surface area contributed by atoms with Crippen LogP contribution in [0, 0.1) is 0 Å². The topological polar surface area (TPSA) is 46.6 Å². The molecular weight excluding hydrogens is 410 g/mol. The van der Waals surface area contributed by atoms with E-state index in [1.807, 2.05) is 54.6 Å². The van der Waals surface area contributed by atoms with Crippen molar-refractivity contribution in [1.29, 1.82) is 0 Å². The fourth-order valence-corrected chi connectivity index (χ4v) is 4.30. The molecule has 5 heteroatoms. The predicted octanol–water partition coefficient (Wildman–Crippen LogP) is 5.67. The summed E-state index contributed by atoms with van der Waals surface area (Å²) in [7, 11) is 0. The molecule has 0 saturated heterocycles. The van der Waals surface area contributed by atoms with Crippen molar-refractivity contribution in [3.8, 4) is 0 Å². The van der Waals surface area contributed by atoms with E-state index in [1.165, 1.54) is 6.92 Å². The molecule has 0 unspecified atom stereocenters. The number of carbonyl (C=O) groups excluding carboxylic acids is 2. The van der Waals surface area contributed by atoms with Gasteiger partial charge >= 0.3 is 5.97 Å². The normalized spacial score (nSPS) is 14.6. The molecule has 1 aliphatic carbocycles. The average Bonchev–Trinajstić information content (AvgIpc) is 2.73. The lowest BCUT2D eigenvalue weighted by Crippen LogP contribution is -2.45. The van der Waals surface area contributed by atoms with Gasteiger partial charge in [-0.25, -0.2) is 0 Å². The van der Waals surface area contributed by atoms with Crippen molar-refractivity contribution in [2.45, 2.75) is 38.5 Å². The first-order valence-corrected chi connectivity index (χ1v) is 10.7. The maximum Gasteiger partial charge on any atom is 0.303 e. The minimum Gasteiger partial charge on any atom is -0.453 e. The van der Waals surface area contributed by atoms with E-state index < -0.39 is 11.6 Å². The second kappa shape index (κ2) is 8.94. The zero-order valence-electron chi connectivity index (χ0n) is 17.4. The number of esters is 1. The Morgan fingerprint density at radius 2 is 1.48 bits per heavy atom. The number of ether oxygens (including phenoxy) is 1. The van der Waals surface area contributed by atoms with Gasteiger partial charge < -0.3 is 9.64 Å². The molecule has 0 radical (unpaired) electrons. The third-order valence-corrected chi connectivity index (χ3v) is 5.87. The lowest BCUT2D eigenvalue weighted by molar-refractivity contribution is -0.173. The number of carbonyl (C=O) groups is 2. The van der Waals surface area contributed by atoms with E-state index in [-0.39, 0.29) is 18.6 Å². The molecule has 4 nitrogen and oxygen atoms in total. The highest BCUT2D eigenvalue weighted by Crippen LogP contribution is 2.45. The lowest BCUT2D eigenvalue weighted by Gasteiger charge is -2.40. The molecular formula is C26H24ClNO3. The van der Waals surface area contributed by atoms with Crippen LogP contribution in [0.3, 0.4) is 0 Å². The number of rotatable bonds is 7. The molecule has 0 bridgehead atoms. The third kappa shape index (κ3) is 4.80. The van der Waals surface area contributed by atoms with Crippen LogP contribution in [0.15, 0.2) is 78.9 Å². The Bertz CT molecular complexity index is 1030. The second-order valence-corrected chi connectivity index (χ2v) is 8.38. The van der Waals surface area contributed by atoms with E-state index in [0.717, 1.165) is 22.4 Å². The van der Waals surface area contributed by atoms with Crippen molar-refractivity contribution in [3.63, 3.8) is 0 Å². The molecule has 0 amide bonds. The smallest absolute Gasteiger partial charge is 0.303 e. The van der Waals surface area contributed by atoms with Gasteiger partial charge in [-0.1, -0.05) is 78.3 Å². The van der Waals surface area contributed by atoms with E-state index in [1.54, 1.807) is 0 Å². The van der Waals surface area contributed by atoms with Crippen LogP contribution in [0.25, 0.3) is 0 Å². The summed E-state index contributed by atoms with van der Waals surface area (Å²) >= 11 is 6.65. The summed E-state index contributed by atoms with van der Waals surface area (Å²) in [6.45, 7) is 2.70. The number of hydrogen-bond donors (Lipinski definition) is 0. The Kier molecular flexibility index (Phi) is 6.10. The minimum absolute atomic E-state index is 0.0863. The van der Waals surface area contributed by atoms with Crippen molar-refractivity contribution in [1.82, 2.24) is 0 Å². The van der Waals surface area contributed by atoms with Crippen LogP contribution in [-0.4, -0.2) is 11.8 Å². The molecule has 0 aromatic heterocycles. The number of hydrogen-bond acceptors (Lipinski definition) is 4. The SMILES string of the molecule is CC(=O)OC1(c2ccc(Cl)c(N(Cc3ccccc3)Cc3ccccc3)c2)CC(=O)C1. The van der Waals surface area contributed by atoms with Crippen molar-refractivity contribution in [2.75, 3.05) is 4.90 Å². The molecule has 0 atom stereocenters. The molecule has 0 N–H and O–H groups in total. The van der Waals surface area contributed by atoms with Crippen LogP contribution in [-0.2, 0) is 33.0 Å². The van der Waals surface area contributed by atoms with Gasteiger partial charge in [0.15, 0.2) is 5.60 Å². The Balaban J connectivity index is 1.72. The number of nitrogens with zero attached hydrogens (tertiary/aromatic N) is 1. The maximum atomic E-state index is 11.8. The highest BCUT2D eigenvalue weighted by atomic mass is 35.5. The summed E-state index contributed by atoms with van der Waals surface area (Å²) in [6.07, 6.45) is 0.399. The van der Waals surface area contributed by atoms with Gasteiger partial charge in [0.25, 0.3) is 0 Å². The maximum absolute atomic E-state index is 11.8. The summed E-state index contributed by atoms with van der Waals surface area (Å²) in [5, 5.41) is 0.610. The second-order valence-electron chi connectivity index (χ2n) is 7.97. The summed E-state index contributed by atoms with van der Waals surface area (Å²) in [4.78, 5) is 25.7. The van der Waals surface area contributed by atoms with Gasteiger partial charge in [-0.3, -0.25) is 9.59 Å². The predicted molar refractivity (Wildman–Crippen MR) is 122 cm³/mol. The number of benzene rings is 3. The van der Waals surface area contributed by atoms with Gasteiger partial charge in [0.05, 0.1) is 23.6 Å². The van der Waals surface area contributed by atoms with Crippen LogP contribution in [0.1, 0.15) is 36.5 Å². The van der Waals surface area contributed by atoms with Gasteiger partial charge in [-0.15, -0.1) is 0 Å². The molecule has 4 rings (SSSR count). The van der Waals surface area contributed by atoms with Gasteiger partial charge in [0.2, 0.25) is 0 Å². The van der Waals surface area contributed by atoms with Crippen LogP contribution < -0.4 is 4.90 Å². The third-order valence-electron chi connectivity index (χ3n) is 5.55. The minimum atomic E-state index is -0.895. The quantitative estimate of drug-likeness (QED) is 0.450. The molecule has 158 valence electrons. The molecule has 1 saturated carbocycles. The fourth-order valence-electron chi connectivity index (χ4n) is 4.07. The number of Topliss-reactive ketones (excluding diaryl/α,β-unsaturated/α-hetero) is 1. The summed E-state index contributed by atoms with van der Waals surface area (Å²) < 4.78 is 5.62. The zero-order valence-corrected chi connectivity index (χ0v) is 18.1. The molecule has 1 fully saturated rings. The van der Waals surface area contributed by atoms with Crippen LogP contribution >= 0.6 is 11.6 Å². The van der Waals surface area contributed by atoms with Gasteiger partial charge in [-0.2, -0.15) is 0 Å². The first kappa shape index (κ1) is 21.1. The first-order valence-electron chi connectivity index (χ1n) is 10.3. The average molecular weight is 434 g/mol. The molecule has 0 heterocycles. The molecule has 0 aliphatic heterocycles. The van der Waals surface area contributed by atoms with Crippen molar-refractivity contribution in [2.24, 2.45) is 0 Å². The van der Waals surface area contributed by atoms with Crippen molar-refractivity contribution in [3.05, 3.63) is 101 Å². The molecule has 31 heavy (non-hydrogen) atoms. The Hall–Kier alpha value is -3.11. The Morgan fingerprint density at radius 1 is 0.935 bits per heavy atom. The lowest BCUT2D eigenvalue weighted by atomic mass is 9.73. The molecule has 3 aromatic rings. The fraction of sp³-hybridized carbons (Fsp3) is 0.231. The highest BCUT2D eigenvalue weighted by Gasteiger charge is 2.48. The number of ketones is 1. The standard InChI is InChI=1S/C26H24ClNO3/c1-19(29)31-26(15-23(30)16-26)22-12-13-24(27)25(14-22)28(17-20-8-4-2-5-9-20)18-21-10-6-3-7-11-21/h2-14H,15-18H2,1H3.